The van der Waals surface area contributed by atoms with Gasteiger partial charge < -0.3 is 4.52 Å². The van der Waals surface area contributed by atoms with Gasteiger partial charge in [0.25, 0.3) is 0 Å². The number of nitrogens with one attached hydrogen (secondary N) is 1. The second-order valence-electron chi connectivity index (χ2n) is 6.86. The molecule has 0 aliphatic heterocycles. The quantitative estimate of drug-likeness (QED) is 0.640. The number of sulfonamides is 1. The summed E-state index contributed by atoms with van der Waals surface area (Å²) in [6.45, 7) is 3.27. The molecule has 1 aliphatic rings. The van der Waals surface area contributed by atoms with Crippen LogP contribution in [0.5, 0.6) is 0 Å². The number of hydrogen-bond acceptors (Lipinski definition) is 6. The van der Waals surface area contributed by atoms with Crippen LogP contribution in [0, 0.1) is 13.8 Å². The summed E-state index contributed by atoms with van der Waals surface area (Å²) in [5, 5.41) is 8.14. The molecule has 0 radical (unpaired) electrons. The van der Waals surface area contributed by atoms with Crippen molar-refractivity contribution in [1.29, 1.82) is 0 Å². The van der Waals surface area contributed by atoms with Gasteiger partial charge in [-0.15, -0.1) is 0 Å². The first kappa shape index (κ1) is 18.6. The van der Waals surface area contributed by atoms with Crippen molar-refractivity contribution in [2.45, 2.75) is 44.0 Å². The molecule has 0 bridgehead atoms. The van der Waals surface area contributed by atoms with Crippen molar-refractivity contribution in [3.63, 3.8) is 0 Å². The molecule has 1 aromatic carbocycles. The zero-order chi connectivity index (χ0) is 19.9. The zero-order valence-electron chi connectivity index (χ0n) is 15.6. The summed E-state index contributed by atoms with van der Waals surface area (Å²) in [5.41, 5.74) is 0.785. The van der Waals surface area contributed by atoms with Gasteiger partial charge in [0.1, 0.15) is 16.4 Å². The summed E-state index contributed by atoms with van der Waals surface area (Å²) in [4.78, 5) is 12.9. The standard InChI is InChI=1S/C18H21N5O4S/c1-12-16(13(2)27-21-12)28(25,26)19-10-11-22-18(24)23(15-6-4-3-5-7-15)17(20-22)14-8-9-14/h3-7,14,19H,8-11H2,1-2H3. The number of aromatic nitrogens is 4. The van der Waals surface area contributed by atoms with E-state index in [-0.39, 0.29) is 35.4 Å². The van der Waals surface area contributed by atoms with E-state index in [1.165, 1.54) is 4.68 Å². The van der Waals surface area contributed by atoms with E-state index in [4.69, 9.17) is 4.52 Å². The zero-order valence-corrected chi connectivity index (χ0v) is 16.4. The van der Waals surface area contributed by atoms with Gasteiger partial charge >= 0.3 is 5.69 Å². The minimum absolute atomic E-state index is 0.0300. The predicted molar refractivity (Wildman–Crippen MR) is 101 cm³/mol. The van der Waals surface area contributed by atoms with Gasteiger partial charge in [-0.05, 0) is 38.8 Å². The Kier molecular flexibility index (Phi) is 4.68. The van der Waals surface area contributed by atoms with Crippen LogP contribution >= 0.6 is 0 Å². The van der Waals surface area contributed by atoms with E-state index < -0.39 is 10.0 Å². The fourth-order valence-corrected chi connectivity index (χ4v) is 4.56. The van der Waals surface area contributed by atoms with Crippen molar-refractivity contribution >= 4 is 10.0 Å². The Balaban J connectivity index is 1.56. The minimum Gasteiger partial charge on any atom is -0.360 e. The average Bonchev–Trinajstić information content (AvgIpc) is 3.37. The highest BCUT2D eigenvalue weighted by molar-refractivity contribution is 7.89. The number of para-hydroxylation sites is 1. The van der Waals surface area contributed by atoms with E-state index in [1.807, 2.05) is 30.3 Å². The van der Waals surface area contributed by atoms with Crippen LogP contribution < -0.4 is 10.4 Å². The molecule has 1 N–H and O–H groups in total. The maximum Gasteiger partial charge on any atom is 0.350 e. The lowest BCUT2D eigenvalue weighted by atomic mass is 10.3. The number of hydrogen-bond donors (Lipinski definition) is 1. The molecular weight excluding hydrogens is 382 g/mol. The van der Waals surface area contributed by atoms with Gasteiger partial charge in [-0.1, -0.05) is 23.4 Å². The number of benzene rings is 1. The Labute approximate surface area is 162 Å². The van der Waals surface area contributed by atoms with Crippen LogP contribution in [0.1, 0.15) is 36.0 Å². The third kappa shape index (κ3) is 3.40. The third-order valence-electron chi connectivity index (χ3n) is 4.67. The molecule has 1 aliphatic carbocycles. The van der Waals surface area contributed by atoms with Gasteiger partial charge in [0.2, 0.25) is 10.0 Å². The van der Waals surface area contributed by atoms with Crippen LogP contribution in [0.3, 0.4) is 0 Å². The molecule has 2 aromatic heterocycles. The molecule has 0 amide bonds. The van der Waals surface area contributed by atoms with Crippen molar-refractivity contribution in [3.05, 3.63) is 58.1 Å². The van der Waals surface area contributed by atoms with Gasteiger partial charge in [0.15, 0.2) is 5.76 Å². The molecule has 0 spiro atoms. The van der Waals surface area contributed by atoms with Crippen molar-refractivity contribution in [3.8, 4) is 5.69 Å². The van der Waals surface area contributed by atoms with Gasteiger partial charge in [-0.3, -0.25) is 0 Å². The molecule has 148 valence electrons. The summed E-state index contributed by atoms with van der Waals surface area (Å²) in [6, 6.07) is 9.35. The summed E-state index contributed by atoms with van der Waals surface area (Å²) < 4.78 is 35.3. The highest BCUT2D eigenvalue weighted by atomic mass is 32.2. The monoisotopic (exact) mass is 403 g/mol. The van der Waals surface area contributed by atoms with E-state index in [9.17, 15) is 13.2 Å². The Morgan fingerprint density at radius 2 is 1.93 bits per heavy atom. The lowest BCUT2D eigenvalue weighted by Gasteiger charge is -2.05. The SMILES string of the molecule is Cc1noc(C)c1S(=O)(=O)NCCn1nc(C2CC2)n(-c2ccccc2)c1=O. The number of nitrogens with zero attached hydrogens (tertiary/aromatic N) is 4. The van der Waals surface area contributed by atoms with E-state index in [0.29, 0.717) is 5.69 Å². The molecule has 0 saturated heterocycles. The predicted octanol–water partition coefficient (Wildman–Crippen LogP) is 1.49. The fraction of sp³-hybridized carbons (Fsp3) is 0.389. The summed E-state index contributed by atoms with van der Waals surface area (Å²) in [6.07, 6.45) is 2.00. The maximum absolute atomic E-state index is 12.9. The first-order valence-electron chi connectivity index (χ1n) is 9.06. The fourth-order valence-electron chi connectivity index (χ4n) is 3.21. The summed E-state index contributed by atoms with van der Waals surface area (Å²) in [5.74, 6) is 1.23. The molecule has 10 heteroatoms. The molecule has 1 fully saturated rings. The van der Waals surface area contributed by atoms with Crippen LogP contribution in [-0.2, 0) is 16.6 Å². The summed E-state index contributed by atoms with van der Waals surface area (Å²) >= 11 is 0. The molecular formula is C18H21N5O4S. The van der Waals surface area contributed by atoms with Crippen LogP contribution in [0.15, 0.2) is 44.5 Å². The maximum atomic E-state index is 12.9. The van der Waals surface area contributed by atoms with Crippen LogP contribution in [0.25, 0.3) is 5.69 Å². The van der Waals surface area contributed by atoms with E-state index in [1.54, 1.807) is 18.4 Å². The molecule has 0 unspecified atom stereocenters. The Morgan fingerprint density at radius 3 is 2.54 bits per heavy atom. The first-order valence-corrected chi connectivity index (χ1v) is 10.5. The smallest absolute Gasteiger partial charge is 0.350 e. The van der Waals surface area contributed by atoms with E-state index in [2.05, 4.69) is 15.0 Å². The molecule has 4 rings (SSSR count). The Morgan fingerprint density at radius 1 is 1.21 bits per heavy atom. The van der Waals surface area contributed by atoms with E-state index >= 15 is 0 Å². The average molecular weight is 403 g/mol. The largest absolute Gasteiger partial charge is 0.360 e. The minimum atomic E-state index is -3.78. The van der Waals surface area contributed by atoms with Gasteiger partial charge in [-0.25, -0.2) is 27.2 Å². The molecule has 1 saturated carbocycles. The van der Waals surface area contributed by atoms with Crippen molar-refractivity contribution in [2.75, 3.05) is 6.54 Å². The summed E-state index contributed by atoms with van der Waals surface area (Å²) in [7, 11) is -3.78. The molecule has 2 heterocycles. The van der Waals surface area contributed by atoms with Crippen LogP contribution in [-0.4, -0.2) is 34.5 Å². The molecule has 3 aromatic rings. The van der Waals surface area contributed by atoms with Crippen molar-refractivity contribution in [2.24, 2.45) is 0 Å². The number of rotatable bonds is 7. The lowest BCUT2D eigenvalue weighted by Crippen LogP contribution is -2.32. The molecule has 0 atom stereocenters. The first-order chi connectivity index (χ1) is 13.4. The highest BCUT2D eigenvalue weighted by Crippen LogP contribution is 2.39. The normalized spacial score (nSPS) is 14.5. The second kappa shape index (κ2) is 7.02. The van der Waals surface area contributed by atoms with Gasteiger partial charge in [0, 0.05) is 12.5 Å². The Bertz CT molecular complexity index is 1140. The molecule has 9 nitrogen and oxygen atoms in total. The lowest BCUT2D eigenvalue weighted by molar-refractivity contribution is 0.390. The molecule has 28 heavy (non-hydrogen) atoms. The number of aryl methyl sites for hydroxylation is 2. The van der Waals surface area contributed by atoms with Gasteiger partial charge in [0.05, 0.1) is 12.2 Å². The van der Waals surface area contributed by atoms with Crippen LogP contribution in [0.2, 0.25) is 0 Å². The second-order valence-corrected chi connectivity index (χ2v) is 8.56. The van der Waals surface area contributed by atoms with Crippen molar-refractivity contribution in [1.82, 2.24) is 24.2 Å². The highest BCUT2D eigenvalue weighted by Gasteiger charge is 2.31. The third-order valence-corrected chi connectivity index (χ3v) is 6.38. The van der Waals surface area contributed by atoms with E-state index in [0.717, 1.165) is 24.4 Å². The Hall–Kier alpha value is -2.72. The van der Waals surface area contributed by atoms with Crippen LogP contribution in [0.4, 0.5) is 0 Å². The topological polar surface area (TPSA) is 112 Å². The van der Waals surface area contributed by atoms with Crippen molar-refractivity contribution < 1.29 is 12.9 Å². The van der Waals surface area contributed by atoms with Gasteiger partial charge in [-0.2, -0.15) is 5.10 Å².